The second-order valence-electron chi connectivity index (χ2n) is 2.93. The smallest absolute Gasteiger partial charge is 0.0219 e. The monoisotopic (exact) mass is 178 g/mol. The molecule has 0 saturated heterocycles. The quantitative estimate of drug-likeness (QED) is 0.440. The molecule has 0 fully saturated rings. The Morgan fingerprint density at radius 2 is 1.54 bits per heavy atom. The van der Waals surface area contributed by atoms with Gasteiger partial charge in [0, 0.05) is 0 Å². The lowest BCUT2D eigenvalue weighted by molar-refractivity contribution is 0.792. The van der Waals surface area contributed by atoms with Gasteiger partial charge in [-0.05, 0) is 25.3 Å². The number of allylic oxidation sites excluding steroid dienone is 6. The standard InChI is InChI=1S/C9H14.C4H8/c1-5-7-9(6-2)8(3)4;1-3-4-2/h5-8H,1-2H2,3-4H3;3-4H,1-2H3/b9-7+;4-3-. The zero-order valence-corrected chi connectivity index (χ0v) is 9.38. The van der Waals surface area contributed by atoms with Gasteiger partial charge in [-0.1, -0.05) is 57.4 Å². The Morgan fingerprint density at radius 1 is 1.08 bits per heavy atom. The van der Waals surface area contributed by atoms with E-state index in [9.17, 15) is 0 Å². The zero-order chi connectivity index (χ0) is 10.7. The SMILES string of the molecule is C/C=C\C.C=C/C=C(\C=C)C(C)C. The topological polar surface area (TPSA) is 0 Å². The van der Waals surface area contributed by atoms with E-state index in [1.165, 1.54) is 5.57 Å². The molecule has 0 heterocycles. The van der Waals surface area contributed by atoms with Gasteiger partial charge < -0.3 is 0 Å². The van der Waals surface area contributed by atoms with E-state index in [1.807, 2.05) is 38.2 Å². The average Bonchev–Trinajstić information content (AvgIpc) is 2.14. The van der Waals surface area contributed by atoms with Crippen molar-refractivity contribution in [1.82, 2.24) is 0 Å². The van der Waals surface area contributed by atoms with E-state index in [-0.39, 0.29) is 0 Å². The van der Waals surface area contributed by atoms with Gasteiger partial charge in [0.25, 0.3) is 0 Å². The van der Waals surface area contributed by atoms with Gasteiger partial charge in [0.15, 0.2) is 0 Å². The summed E-state index contributed by atoms with van der Waals surface area (Å²) in [5, 5.41) is 0. The van der Waals surface area contributed by atoms with Crippen LogP contribution in [0.4, 0.5) is 0 Å². The summed E-state index contributed by atoms with van der Waals surface area (Å²) in [5.41, 5.74) is 1.24. The normalized spacial score (nSPS) is 11.0. The van der Waals surface area contributed by atoms with Crippen molar-refractivity contribution >= 4 is 0 Å². The minimum Gasteiger partial charge on any atom is -0.0991 e. The van der Waals surface area contributed by atoms with Gasteiger partial charge in [-0.2, -0.15) is 0 Å². The molecular weight excluding hydrogens is 156 g/mol. The van der Waals surface area contributed by atoms with Gasteiger partial charge in [0.1, 0.15) is 0 Å². The molecule has 0 bridgehead atoms. The van der Waals surface area contributed by atoms with Crippen LogP contribution in [0.1, 0.15) is 27.7 Å². The maximum absolute atomic E-state index is 3.68. The molecule has 0 atom stereocenters. The van der Waals surface area contributed by atoms with Gasteiger partial charge >= 0.3 is 0 Å². The fourth-order valence-electron chi connectivity index (χ4n) is 0.632. The van der Waals surface area contributed by atoms with Gasteiger partial charge in [0.05, 0.1) is 0 Å². The summed E-state index contributed by atoms with van der Waals surface area (Å²) in [5.74, 6) is 0.556. The van der Waals surface area contributed by atoms with Gasteiger partial charge in [-0.25, -0.2) is 0 Å². The molecule has 13 heavy (non-hydrogen) atoms. The predicted molar refractivity (Wildman–Crippen MR) is 63.8 cm³/mol. The first-order valence-electron chi connectivity index (χ1n) is 4.66. The maximum atomic E-state index is 3.68. The number of rotatable bonds is 3. The second-order valence-corrected chi connectivity index (χ2v) is 2.93. The molecule has 0 radical (unpaired) electrons. The van der Waals surface area contributed by atoms with Crippen molar-refractivity contribution in [3.8, 4) is 0 Å². The van der Waals surface area contributed by atoms with Crippen molar-refractivity contribution in [2.24, 2.45) is 5.92 Å². The third-order valence-electron chi connectivity index (χ3n) is 1.55. The molecule has 0 amide bonds. The Kier molecular flexibility index (Phi) is 12.2. The molecular formula is C13H22. The van der Waals surface area contributed by atoms with Crippen LogP contribution in [0.5, 0.6) is 0 Å². The first-order chi connectivity index (χ1) is 6.13. The summed E-state index contributed by atoms with van der Waals surface area (Å²) >= 11 is 0. The highest BCUT2D eigenvalue weighted by atomic mass is 14.0. The van der Waals surface area contributed by atoms with Gasteiger partial charge in [0.2, 0.25) is 0 Å². The van der Waals surface area contributed by atoms with Crippen molar-refractivity contribution in [2.75, 3.05) is 0 Å². The third-order valence-corrected chi connectivity index (χ3v) is 1.55. The van der Waals surface area contributed by atoms with Crippen LogP contribution in [0.2, 0.25) is 0 Å². The molecule has 0 spiro atoms. The number of hydrogen-bond donors (Lipinski definition) is 0. The van der Waals surface area contributed by atoms with Crippen molar-refractivity contribution in [2.45, 2.75) is 27.7 Å². The fourth-order valence-corrected chi connectivity index (χ4v) is 0.632. The molecule has 0 saturated carbocycles. The molecule has 0 aromatic rings. The van der Waals surface area contributed by atoms with Gasteiger partial charge in [-0.15, -0.1) is 0 Å². The van der Waals surface area contributed by atoms with Crippen LogP contribution in [0.3, 0.4) is 0 Å². The van der Waals surface area contributed by atoms with E-state index < -0.39 is 0 Å². The Labute approximate surface area is 83.4 Å². The van der Waals surface area contributed by atoms with Crippen molar-refractivity contribution < 1.29 is 0 Å². The van der Waals surface area contributed by atoms with Gasteiger partial charge in [-0.3, -0.25) is 0 Å². The molecule has 0 aromatic heterocycles. The van der Waals surface area contributed by atoms with E-state index in [2.05, 4.69) is 27.0 Å². The Balaban J connectivity index is 0. The van der Waals surface area contributed by atoms with Crippen LogP contribution in [-0.4, -0.2) is 0 Å². The maximum Gasteiger partial charge on any atom is -0.0219 e. The lowest BCUT2D eigenvalue weighted by atomic mass is 10.0. The highest BCUT2D eigenvalue weighted by Crippen LogP contribution is 2.09. The summed E-state index contributed by atoms with van der Waals surface area (Å²) in [6.45, 7) is 15.6. The lowest BCUT2D eigenvalue weighted by Gasteiger charge is -2.02. The summed E-state index contributed by atoms with van der Waals surface area (Å²) in [4.78, 5) is 0. The van der Waals surface area contributed by atoms with Crippen LogP contribution in [0.25, 0.3) is 0 Å². The molecule has 0 unspecified atom stereocenters. The van der Waals surface area contributed by atoms with Crippen LogP contribution in [0, 0.1) is 5.92 Å². The predicted octanol–water partition coefficient (Wildman–Crippen LogP) is 4.52. The van der Waals surface area contributed by atoms with Crippen molar-refractivity contribution in [3.63, 3.8) is 0 Å². The largest absolute Gasteiger partial charge is 0.0991 e. The Bertz CT molecular complexity index is 176. The summed E-state index contributed by atoms with van der Waals surface area (Å²) < 4.78 is 0. The van der Waals surface area contributed by atoms with E-state index in [0.717, 1.165) is 0 Å². The Hall–Kier alpha value is -1.04. The first-order valence-corrected chi connectivity index (χ1v) is 4.66. The molecule has 0 aliphatic rings. The zero-order valence-electron chi connectivity index (χ0n) is 9.38. The first kappa shape index (κ1) is 14.5. The molecule has 0 aliphatic carbocycles. The summed E-state index contributed by atoms with van der Waals surface area (Å²) in [6, 6.07) is 0. The highest BCUT2D eigenvalue weighted by Gasteiger charge is 1.94. The molecule has 0 aromatic carbocycles. The van der Waals surface area contributed by atoms with E-state index >= 15 is 0 Å². The van der Waals surface area contributed by atoms with Crippen molar-refractivity contribution in [1.29, 1.82) is 0 Å². The van der Waals surface area contributed by atoms with E-state index in [0.29, 0.717) is 5.92 Å². The minimum atomic E-state index is 0.556. The fraction of sp³-hybridized carbons (Fsp3) is 0.385. The van der Waals surface area contributed by atoms with E-state index in [1.54, 1.807) is 6.08 Å². The molecule has 0 rings (SSSR count). The minimum absolute atomic E-state index is 0.556. The van der Waals surface area contributed by atoms with Crippen LogP contribution in [-0.2, 0) is 0 Å². The second kappa shape index (κ2) is 11.0. The molecule has 0 aliphatic heterocycles. The highest BCUT2D eigenvalue weighted by molar-refractivity contribution is 5.22. The Morgan fingerprint density at radius 3 is 1.62 bits per heavy atom. The third kappa shape index (κ3) is 11.0. The molecule has 0 nitrogen and oxygen atoms in total. The van der Waals surface area contributed by atoms with Crippen LogP contribution in [0.15, 0.2) is 49.1 Å². The average molecular weight is 178 g/mol. The van der Waals surface area contributed by atoms with Crippen LogP contribution < -0.4 is 0 Å². The molecule has 74 valence electrons. The van der Waals surface area contributed by atoms with E-state index in [4.69, 9.17) is 0 Å². The summed E-state index contributed by atoms with van der Waals surface area (Å²) in [6.07, 6.45) is 9.64. The summed E-state index contributed by atoms with van der Waals surface area (Å²) in [7, 11) is 0. The van der Waals surface area contributed by atoms with Crippen LogP contribution >= 0.6 is 0 Å². The molecule has 0 N–H and O–H groups in total. The lowest BCUT2D eigenvalue weighted by Crippen LogP contribution is -1.87. The molecule has 0 heteroatoms. The number of hydrogen-bond acceptors (Lipinski definition) is 0. The van der Waals surface area contributed by atoms with Crippen molar-refractivity contribution in [3.05, 3.63) is 49.1 Å².